The summed E-state index contributed by atoms with van der Waals surface area (Å²) in [6.07, 6.45) is -4.59. The van der Waals surface area contributed by atoms with Crippen molar-refractivity contribution in [1.82, 2.24) is 24.4 Å². The molecule has 0 atom stereocenters. The Labute approximate surface area is 167 Å². The van der Waals surface area contributed by atoms with Crippen LogP contribution < -0.4 is 0 Å². The molecular weight excluding hydrogens is 401 g/mol. The summed E-state index contributed by atoms with van der Waals surface area (Å²) in [5.41, 5.74) is 2.43. The van der Waals surface area contributed by atoms with E-state index in [1.165, 1.54) is 16.4 Å². The van der Waals surface area contributed by atoms with Crippen molar-refractivity contribution in [3.8, 4) is 0 Å². The number of para-hydroxylation sites is 2. The summed E-state index contributed by atoms with van der Waals surface area (Å²) >= 11 is 1.45. The molecule has 0 saturated heterocycles. The number of aromatic nitrogens is 5. The number of imidazole rings is 1. The topological polar surface area (TPSA) is 60.9 Å². The Morgan fingerprint density at radius 2 is 1.72 bits per heavy atom. The second-order valence-corrected chi connectivity index (χ2v) is 7.36. The standard InChI is InChI=1S/C19H13F3N6S/c20-19(21,22)17-23-13-8-4-5-9-15(13)27(17)10-16-24-25-18-28(16)26-14(11-29-18)12-6-2-1-3-7-12/h1-9H,10-11H2. The number of hydrogen-bond donors (Lipinski definition) is 0. The van der Waals surface area contributed by atoms with Gasteiger partial charge in [0.1, 0.15) is 0 Å². The summed E-state index contributed by atoms with van der Waals surface area (Å²) in [6.45, 7) is -0.144. The first kappa shape index (κ1) is 17.9. The molecule has 10 heteroatoms. The number of rotatable bonds is 3. The van der Waals surface area contributed by atoms with E-state index in [2.05, 4.69) is 20.3 Å². The van der Waals surface area contributed by atoms with Crippen LogP contribution in [0.4, 0.5) is 13.2 Å². The van der Waals surface area contributed by atoms with E-state index in [9.17, 15) is 13.2 Å². The Morgan fingerprint density at radius 1 is 0.966 bits per heavy atom. The first-order valence-corrected chi connectivity index (χ1v) is 9.72. The molecule has 0 amide bonds. The zero-order valence-corrected chi connectivity index (χ0v) is 15.7. The molecule has 0 fully saturated rings. The van der Waals surface area contributed by atoms with Crippen LogP contribution in [0.2, 0.25) is 0 Å². The van der Waals surface area contributed by atoms with Gasteiger partial charge in [0.05, 0.1) is 23.3 Å². The van der Waals surface area contributed by atoms with E-state index in [1.54, 1.807) is 24.3 Å². The van der Waals surface area contributed by atoms with Crippen molar-refractivity contribution in [2.75, 3.05) is 5.75 Å². The highest BCUT2D eigenvalue weighted by Gasteiger charge is 2.38. The van der Waals surface area contributed by atoms with Crippen molar-refractivity contribution >= 4 is 28.5 Å². The number of hydrogen-bond acceptors (Lipinski definition) is 5. The average molecular weight is 414 g/mol. The molecule has 6 nitrogen and oxygen atoms in total. The van der Waals surface area contributed by atoms with Gasteiger partial charge in [-0.05, 0) is 17.7 Å². The number of alkyl halides is 3. The summed E-state index contributed by atoms with van der Waals surface area (Å²) < 4.78 is 43.4. The fourth-order valence-electron chi connectivity index (χ4n) is 3.23. The van der Waals surface area contributed by atoms with Crippen molar-refractivity contribution < 1.29 is 13.2 Å². The molecule has 0 unspecified atom stereocenters. The lowest BCUT2D eigenvalue weighted by atomic mass is 10.1. The zero-order chi connectivity index (χ0) is 20.0. The third-order valence-electron chi connectivity index (χ3n) is 4.55. The number of thioether (sulfide) groups is 1. The highest BCUT2D eigenvalue weighted by atomic mass is 32.2. The number of benzene rings is 2. The van der Waals surface area contributed by atoms with Gasteiger partial charge in [-0.3, -0.25) is 0 Å². The summed E-state index contributed by atoms with van der Waals surface area (Å²) in [5.74, 6) is -0.0368. The molecule has 0 spiro atoms. The van der Waals surface area contributed by atoms with Gasteiger partial charge in [0.25, 0.3) is 0 Å². The fraction of sp³-hybridized carbons (Fsp3) is 0.158. The van der Waals surface area contributed by atoms with Gasteiger partial charge in [-0.25, -0.2) is 4.98 Å². The molecule has 0 N–H and O–H groups in total. The molecule has 29 heavy (non-hydrogen) atoms. The van der Waals surface area contributed by atoms with Crippen LogP contribution in [-0.2, 0) is 12.7 Å². The highest BCUT2D eigenvalue weighted by molar-refractivity contribution is 7.99. The Hall–Kier alpha value is -3.14. The predicted octanol–water partition coefficient (Wildman–Crippen LogP) is 4.05. The molecule has 2 aromatic heterocycles. The van der Waals surface area contributed by atoms with Crippen molar-refractivity contribution in [3.05, 3.63) is 71.8 Å². The van der Waals surface area contributed by atoms with Crippen LogP contribution in [-0.4, -0.2) is 35.9 Å². The molecule has 1 aliphatic heterocycles. The summed E-state index contributed by atoms with van der Waals surface area (Å²) in [6, 6.07) is 16.1. The first-order valence-electron chi connectivity index (χ1n) is 8.73. The third-order valence-corrected chi connectivity index (χ3v) is 5.48. The van der Waals surface area contributed by atoms with Crippen molar-refractivity contribution in [1.29, 1.82) is 0 Å². The molecule has 0 aliphatic carbocycles. The molecule has 4 aromatic rings. The Morgan fingerprint density at radius 3 is 2.52 bits per heavy atom. The van der Waals surface area contributed by atoms with Gasteiger partial charge in [0, 0.05) is 5.75 Å². The summed E-state index contributed by atoms with van der Waals surface area (Å²) in [7, 11) is 0. The smallest absolute Gasteiger partial charge is 0.313 e. The lowest BCUT2D eigenvalue weighted by Gasteiger charge is -2.15. The monoisotopic (exact) mass is 414 g/mol. The highest BCUT2D eigenvalue weighted by Crippen LogP contribution is 2.32. The van der Waals surface area contributed by atoms with E-state index in [4.69, 9.17) is 0 Å². The summed E-state index contributed by atoms with van der Waals surface area (Å²) in [5, 5.41) is 13.3. The maximum atomic E-state index is 13.6. The Kier molecular flexibility index (Phi) is 4.16. The molecular formula is C19H13F3N6S. The molecule has 0 bridgehead atoms. The lowest BCUT2D eigenvalue weighted by molar-refractivity contribution is -0.146. The Balaban J connectivity index is 1.60. The minimum absolute atomic E-state index is 0.144. The van der Waals surface area contributed by atoms with Gasteiger partial charge in [-0.1, -0.05) is 54.2 Å². The zero-order valence-electron chi connectivity index (χ0n) is 14.8. The molecule has 3 heterocycles. The van der Waals surface area contributed by atoms with Crippen LogP contribution in [0.25, 0.3) is 11.0 Å². The number of nitrogens with zero attached hydrogens (tertiary/aromatic N) is 6. The van der Waals surface area contributed by atoms with Crippen LogP contribution in [0, 0.1) is 0 Å². The molecule has 1 aliphatic rings. The second-order valence-electron chi connectivity index (χ2n) is 6.42. The molecule has 2 aromatic carbocycles. The van der Waals surface area contributed by atoms with Crippen molar-refractivity contribution in [3.63, 3.8) is 0 Å². The van der Waals surface area contributed by atoms with Gasteiger partial charge in [0.15, 0.2) is 5.82 Å². The van der Waals surface area contributed by atoms with Gasteiger partial charge in [-0.2, -0.15) is 22.9 Å². The minimum Gasteiger partial charge on any atom is -0.313 e. The third kappa shape index (κ3) is 3.19. The second kappa shape index (κ2) is 6.73. The number of halogens is 3. The van der Waals surface area contributed by atoms with Crippen LogP contribution in [0.5, 0.6) is 0 Å². The fourth-order valence-corrected chi connectivity index (χ4v) is 4.09. The molecule has 0 saturated carbocycles. The Bertz CT molecular complexity index is 1230. The van der Waals surface area contributed by atoms with E-state index in [0.29, 0.717) is 22.3 Å². The van der Waals surface area contributed by atoms with E-state index in [-0.39, 0.29) is 12.1 Å². The molecule has 146 valence electrons. The van der Waals surface area contributed by atoms with Gasteiger partial charge >= 0.3 is 6.18 Å². The van der Waals surface area contributed by atoms with Crippen molar-refractivity contribution in [2.45, 2.75) is 17.9 Å². The van der Waals surface area contributed by atoms with Crippen LogP contribution in [0.1, 0.15) is 17.2 Å². The first-order chi connectivity index (χ1) is 14.0. The van der Waals surface area contributed by atoms with Gasteiger partial charge in [0.2, 0.25) is 11.0 Å². The maximum absolute atomic E-state index is 13.6. The van der Waals surface area contributed by atoms with E-state index in [1.807, 2.05) is 30.3 Å². The lowest BCUT2D eigenvalue weighted by Crippen LogP contribution is -2.19. The molecule has 0 radical (unpaired) electrons. The SMILES string of the molecule is FC(F)(F)c1nc2ccccc2n1Cc1nnc2n1N=C(c1ccccc1)CS2. The van der Waals surface area contributed by atoms with Crippen LogP contribution in [0.15, 0.2) is 64.9 Å². The minimum atomic E-state index is -4.59. The number of fused-ring (bicyclic) bond motifs is 2. The largest absolute Gasteiger partial charge is 0.449 e. The quantitative estimate of drug-likeness (QED) is 0.507. The van der Waals surface area contributed by atoms with E-state index >= 15 is 0 Å². The van der Waals surface area contributed by atoms with Gasteiger partial charge < -0.3 is 4.57 Å². The van der Waals surface area contributed by atoms with E-state index < -0.39 is 12.0 Å². The normalized spacial score (nSPS) is 14.1. The van der Waals surface area contributed by atoms with Crippen LogP contribution >= 0.6 is 11.8 Å². The van der Waals surface area contributed by atoms with Gasteiger partial charge in [-0.15, -0.1) is 10.2 Å². The van der Waals surface area contributed by atoms with Crippen LogP contribution in [0.3, 0.4) is 0 Å². The predicted molar refractivity (Wildman–Crippen MR) is 103 cm³/mol. The van der Waals surface area contributed by atoms with Crippen molar-refractivity contribution in [2.24, 2.45) is 5.10 Å². The summed E-state index contributed by atoms with van der Waals surface area (Å²) in [4.78, 5) is 3.78. The molecule has 5 rings (SSSR count). The van der Waals surface area contributed by atoms with E-state index in [0.717, 1.165) is 15.8 Å². The average Bonchev–Trinajstić information content (AvgIpc) is 3.30. The maximum Gasteiger partial charge on any atom is 0.449 e.